The Morgan fingerprint density at radius 1 is 1.06 bits per heavy atom. The molecule has 0 atom stereocenters. The average Bonchev–Trinajstić information content (AvgIpc) is 2.82. The quantitative estimate of drug-likeness (QED) is 0.300. The van der Waals surface area contributed by atoms with Gasteiger partial charge in [0.25, 0.3) is 5.91 Å². The molecule has 3 aromatic carbocycles. The molecule has 0 fully saturated rings. The minimum Gasteiger partial charge on any atom is -0.454 e. The van der Waals surface area contributed by atoms with Crippen molar-refractivity contribution in [3.05, 3.63) is 80.8 Å². The number of amides is 4. The van der Waals surface area contributed by atoms with E-state index in [1.54, 1.807) is 35.2 Å². The van der Waals surface area contributed by atoms with Crippen LogP contribution in [0.25, 0.3) is 0 Å². The molecule has 36 heavy (non-hydrogen) atoms. The van der Waals surface area contributed by atoms with Gasteiger partial charge in [-0.3, -0.25) is 14.9 Å². The van der Waals surface area contributed by atoms with Crippen LogP contribution in [0.1, 0.15) is 22.8 Å². The van der Waals surface area contributed by atoms with Gasteiger partial charge in [0.1, 0.15) is 5.75 Å². The Morgan fingerprint density at radius 3 is 2.33 bits per heavy atom. The number of carbonyl (C=O) groups is 3. The van der Waals surface area contributed by atoms with Crippen LogP contribution in [0.2, 0.25) is 15.1 Å². The van der Waals surface area contributed by atoms with E-state index in [1.807, 2.05) is 12.1 Å². The number of hydrogen-bond acceptors (Lipinski definition) is 5. The summed E-state index contributed by atoms with van der Waals surface area (Å²) in [5.74, 6) is -0.0895. The molecule has 0 unspecified atom stereocenters. The van der Waals surface area contributed by atoms with Crippen molar-refractivity contribution in [2.45, 2.75) is 13.3 Å². The van der Waals surface area contributed by atoms with Crippen LogP contribution in [-0.2, 0) is 11.2 Å². The van der Waals surface area contributed by atoms with Gasteiger partial charge >= 0.3 is 6.03 Å². The van der Waals surface area contributed by atoms with Crippen LogP contribution in [0.3, 0.4) is 0 Å². The van der Waals surface area contributed by atoms with Crippen molar-refractivity contribution in [3.8, 4) is 11.5 Å². The molecule has 3 aromatic rings. The first-order valence-electron chi connectivity index (χ1n) is 10.6. The molecule has 8 nitrogen and oxygen atoms in total. The molecule has 0 aliphatic carbocycles. The van der Waals surface area contributed by atoms with Gasteiger partial charge in [-0.1, -0.05) is 34.8 Å². The van der Waals surface area contributed by atoms with E-state index < -0.39 is 11.9 Å². The highest BCUT2D eigenvalue weighted by atomic mass is 35.5. The Morgan fingerprint density at radius 2 is 1.72 bits per heavy atom. The van der Waals surface area contributed by atoms with Gasteiger partial charge in [0, 0.05) is 36.5 Å². The Kier molecular flexibility index (Phi) is 7.49. The van der Waals surface area contributed by atoms with Gasteiger partial charge in [0.2, 0.25) is 5.91 Å². The van der Waals surface area contributed by atoms with E-state index in [1.165, 1.54) is 19.1 Å². The number of rotatable bonds is 5. The number of nitrogens with zero attached hydrogens (tertiary/aromatic N) is 3. The summed E-state index contributed by atoms with van der Waals surface area (Å²) in [4.78, 5) is 38.2. The second-order valence-electron chi connectivity index (χ2n) is 7.78. The summed E-state index contributed by atoms with van der Waals surface area (Å²) >= 11 is 18.7. The van der Waals surface area contributed by atoms with E-state index in [4.69, 9.17) is 39.5 Å². The van der Waals surface area contributed by atoms with Crippen LogP contribution >= 0.6 is 34.8 Å². The van der Waals surface area contributed by atoms with Crippen LogP contribution in [-0.4, -0.2) is 31.1 Å². The van der Waals surface area contributed by atoms with E-state index in [9.17, 15) is 14.4 Å². The van der Waals surface area contributed by atoms with Crippen LogP contribution in [0.15, 0.2) is 59.7 Å². The number of nitrogens with one attached hydrogen (secondary N) is 1. The van der Waals surface area contributed by atoms with Crippen LogP contribution < -0.4 is 20.0 Å². The summed E-state index contributed by atoms with van der Waals surface area (Å²) in [7, 11) is 0. The Labute approximate surface area is 222 Å². The predicted octanol–water partition coefficient (Wildman–Crippen LogP) is 6.32. The molecule has 1 N–H and O–H groups in total. The first-order valence-corrected chi connectivity index (χ1v) is 11.8. The normalized spacial score (nSPS) is 12.6. The lowest BCUT2D eigenvalue weighted by molar-refractivity contribution is -0.117. The van der Waals surface area contributed by atoms with Crippen molar-refractivity contribution in [1.82, 2.24) is 5.32 Å². The maximum absolute atomic E-state index is 13.1. The van der Waals surface area contributed by atoms with Gasteiger partial charge < -0.3 is 9.64 Å². The van der Waals surface area contributed by atoms with Gasteiger partial charge in [0.05, 0.1) is 15.7 Å². The molecule has 0 radical (unpaired) electrons. The summed E-state index contributed by atoms with van der Waals surface area (Å²) in [6, 6.07) is 14.2. The number of carbonyl (C=O) groups excluding carboxylic acids is 3. The molecule has 1 aliphatic heterocycles. The zero-order valence-corrected chi connectivity index (χ0v) is 21.2. The van der Waals surface area contributed by atoms with Gasteiger partial charge in [-0.25, -0.2) is 4.79 Å². The zero-order chi connectivity index (χ0) is 26.0. The van der Waals surface area contributed by atoms with Crippen LogP contribution in [0, 0.1) is 0 Å². The van der Waals surface area contributed by atoms with E-state index >= 15 is 0 Å². The molecule has 4 amide bonds. The number of hydrazone groups is 1. The molecule has 184 valence electrons. The third-order valence-corrected chi connectivity index (χ3v) is 6.17. The molecule has 0 bridgehead atoms. The molecule has 1 aliphatic rings. The highest BCUT2D eigenvalue weighted by molar-refractivity contribution is 6.37. The highest BCUT2D eigenvalue weighted by Gasteiger charge is 2.26. The molecule has 4 rings (SSSR count). The fraction of sp³-hybridized carbons (Fsp3) is 0.120. The zero-order valence-electron chi connectivity index (χ0n) is 18.9. The maximum Gasteiger partial charge on any atom is 0.349 e. The minimum absolute atomic E-state index is 0.101. The molecule has 11 heteroatoms. The molecule has 0 aromatic heterocycles. The van der Waals surface area contributed by atoms with Gasteiger partial charge in [-0.2, -0.15) is 10.1 Å². The van der Waals surface area contributed by atoms with Crippen molar-refractivity contribution >= 4 is 70.7 Å². The number of urea groups is 1. The van der Waals surface area contributed by atoms with Crippen molar-refractivity contribution in [1.29, 1.82) is 0 Å². The number of ether oxygens (including phenoxy) is 1. The van der Waals surface area contributed by atoms with Gasteiger partial charge in [0.15, 0.2) is 5.75 Å². The molecule has 1 heterocycles. The molecule has 0 saturated carbocycles. The van der Waals surface area contributed by atoms with Crippen molar-refractivity contribution < 1.29 is 19.1 Å². The van der Waals surface area contributed by atoms with E-state index in [-0.39, 0.29) is 27.4 Å². The summed E-state index contributed by atoms with van der Waals surface area (Å²) in [5.41, 5.74) is 2.35. The van der Waals surface area contributed by atoms with E-state index in [0.29, 0.717) is 29.3 Å². The Balaban J connectivity index is 1.56. The third kappa shape index (κ3) is 5.31. The largest absolute Gasteiger partial charge is 0.454 e. The lowest BCUT2D eigenvalue weighted by Gasteiger charge is -2.29. The summed E-state index contributed by atoms with van der Waals surface area (Å²) in [5, 5.41) is 7.36. The highest BCUT2D eigenvalue weighted by Crippen LogP contribution is 2.40. The van der Waals surface area contributed by atoms with Crippen LogP contribution in [0.5, 0.6) is 11.5 Å². The average molecular weight is 546 g/mol. The topological polar surface area (TPSA) is 91.3 Å². The number of benzene rings is 3. The lowest BCUT2D eigenvalue weighted by Crippen LogP contribution is -2.39. The molecule has 0 spiro atoms. The fourth-order valence-corrected chi connectivity index (χ4v) is 4.43. The minimum atomic E-state index is -0.815. The fourth-order valence-electron chi connectivity index (χ4n) is 3.75. The smallest absolute Gasteiger partial charge is 0.349 e. The van der Waals surface area contributed by atoms with E-state index in [0.717, 1.165) is 16.3 Å². The SMILES string of the molecule is C=NN(C(=O)NC(C)=O)c1cc(Cl)c(Oc2ccc3c(c2)CCN(c2ccc(Cl)cc2)C3=O)c(Cl)c1. The van der Waals surface area contributed by atoms with Crippen LogP contribution in [0.4, 0.5) is 16.2 Å². The number of fused-ring (bicyclic) bond motifs is 1. The Hall–Kier alpha value is -3.59. The number of anilines is 2. The van der Waals surface area contributed by atoms with Gasteiger partial charge in [-0.05, 0) is 66.6 Å². The summed E-state index contributed by atoms with van der Waals surface area (Å²) in [6.45, 7) is 5.03. The van der Waals surface area contributed by atoms with Gasteiger partial charge in [-0.15, -0.1) is 0 Å². The number of halogens is 3. The Bertz CT molecular complexity index is 1360. The predicted molar refractivity (Wildman–Crippen MR) is 141 cm³/mol. The van der Waals surface area contributed by atoms with Crippen molar-refractivity contribution in [2.24, 2.45) is 5.10 Å². The maximum atomic E-state index is 13.1. The van der Waals surface area contributed by atoms with Crippen molar-refractivity contribution in [2.75, 3.05) is 16.5 Å². The van der Waals surface area contributed by atoms with Crippen molar-refractivity contribution in [3.63, 3.8) is 0 Å². The van der Waals surface area contributed by atoms with E-state index in [2.05, 4.69) is 17.1 Å². The molecular formula is C25H19Cl3N4O4. The monoisotopic (exact) mass is 544 g/mol. The number of imide groups is 1. The summed E-state index contributed by atoms with van der Waals surface area (Å²) < 4.78 is 5.94. The lowest BCUT2D eigenvalue weighted by atomic mass is 9.98. The summed E-state index contributed by atoms with van der Waals surface area (Å²) in [6.07, 6.45) is 0.618. The molecule has 0 saturated heterocycles. The second kappa shape index (κ2) is 10.6. The molecular weight excluding hydrogens is 527 g/mol. The second-order valence-corrected chi connectivity index (χ2v) is 9.03. The standard InChI is InChI=1S/C25H19Cl3N4O4/c1-14(33)30-25(35)32(29-2)18-12-21(27)23(22(28)13-18)36-19-7-8-20-15(11-19)9-10-31(24(20)34)17-5-3-16(26)4-6-17/h3-8,11-13H,2,9-10H2,1H3,(H,30,33,35). The first kappa shape index (κ1) is 25.5. The first-order chi connectivity index (χ1) is 17.2. The third-order valence-electron chi connectivity index (χ3n) is 5.36. The number of hydrogen-bond donors (Lipinski definition) is 1.